The topological polar surface area (TPSA) is 43.8 Å². The van der Waals surface area contributed by atoms with Gasteiger partial charge in [-0.15, -0.1) is 0 Å². The summed E-state index contributed by atoms with van der Waals surface area (Å²) in [6, 6.07) is 0.120. The van der Waals surface area contributed by atoms with Crippen LogP contribution in [-0.4, -0.2) is 61.2 Å². The average molecular weight is 202 g/mol. The maximum absolute atomic E-state index is 10.5. The average Bonchev–Trinajstić information content (AvgIpc) is 2.01. The van der Waals surface area contributed by atoms with Crippen LogP contribution >= 0.6 is 0 Å². The van der Waals surface area contributed by atoms with Gasteiger partial charge in [-0.3, -0.25) is 4.79 Å². The Labute approximate surface area is 86.5 Å². The predicted molar refractivity (Wildman–Crippen MR) is 57.5 cm³/mol. The van der Waals surface area contributed by atoms with E-state index in [1.165, 1.54) is 0 Å². The van der Waals surface area contributed by atoms with Crippen molar-refractivity contribution in [3.05, 3.63) is 0 Å². The molecule has 0 bridgehead atoms. The number of aliphatic carboxylic acids is 1. The Morgan fingerprint density at radius 2 is 1.86 bits per heavy atom. The molecule has 0 aliphatic heterocycles. The fourth-order valence-electron chi connectivity index (χ4n) is 1.27. The molecule has 0 fully saturated rings. The van der Waals surface area contributed by atoms with Crippen molar-refractivity contribution >= 4 is 5.97 Å². The van der Waals surface area contributed by atoms with Gasteiger partial charge < -0.3 is 14.9 Å². The molecule has 1 atom stereocenters. The number of carbonyl (C=O) groups is 1. The van der Waals surface area contributed by atoms with E-state index in [-0.39, 0.29) is 12.5 Å². The van der Waals surface area contributed by atoms with Crippen LogP contribution in [0.3, 0.4) is 0 Å². The first-order valence-electron chi connectivity index (χ1n) is 5.00. The zero-order valence-corrected chi connectivity index (χ0v) is 9.66. The molecule has 14 heavy (non-hydrogen) atoms. The molecule has 0 saturated carbocycles. The van der Waals surface area contributed by atoms with Crippen LogP contribution in [0.2, 0.25) is 0 Å². The summed E-state index contributed by atoms with van der Waals surface area (Å²) in [6.07, 6.45) is 1.30. The van der Waals surface area contributed by atoms with Crippen molar-refractivity contribution in [2.75, 3.05) is 34.2 Å². The lowest BCUT2D eigenvalue weighted by Gasteiger charge is -2.23. The van der Waals surface area contributed by atoms with E-state index < -0.39 is 5.97 Å². The summed E-state index contributed by atoms with van der Waals surface area (Å²) in [5.41, 5.74) is 0. The van der Waals surface area contributed by atoms with Crippen LogP contribution in [-0.2, 0) is 4.79 Å². The molecule has 1 unspecified atom stereocenters. The van der Waals surface area contributed by atoms with Gasteiger partial charge in [0.25, 0.3) is 0 Å². The Kier molecular flexibility index (Phi) is 6.49. The minimum absolute atomic E-state index is 0.120. The van der Waals surface area contributed by atoms with E-state index in [1.807, 2.05) is 28.1 Å². The summed E-state index contributed by atoms with van der Waals surface area (Å²) in [4.78, 5) is 14.7. The third-order valence-corrected chi connectivity index (χ3v) is 2.34. The van der Waals surface area contributed by atoms with E-state index in [4.69, 9.17) is 5.11 Å². The van der Waals surface area contributed by atoms with E-state index in [9.17, 15) is 4.79 Å². The van der Waals surface area contributed by atoms with Gasteiger partial charge in [0.2, 0.25) is 0 Å². The Morgan fingerprint density at radius 1 is 1.29 bits per heavy atom. The third kappa shape index (κ3) is 6.86. The first-order valence-corrected chi connectivity index (χ1v) is 5.00. The second kappa shape index (κ2) is 6.79. The Morgan fingerprint density at radius 3 is 2.29 bits per heavy atom. The highest BCUT2D eigenvalue weighted by Gasteiger charge is 2.12. The first-order chi connectivity index (χ1) is 6.43. The van der Waals surface area contributed by atoms with Gasteiger partial charge in [0.05, 0.1) is 6.42 Å². The number of rotatable bonds is 7. The second-order valence-electron chi connectivity index (χ2n) is 4.08. The van der Waals surface area contributed by atoms with Crippen LogP contribution in [0.25, 0.3) is 0 Å². The molecule has 1 N–H and O–H groups in total. The summed E-state index contributed by atoms with van der Waals surface area (Å²) in [6.45, 7) is 3.94. The monoisotopic (exact) mass is 202 g/mol. The highest BCUT2D eigenvalue weighted by Crippen LogP contribution is 2.01. The van der Waals surface area contributed by atoms with Gasteiger partial charge in [-0.05, 0) is 47.6 Å². The number of carboxylic acids is 1. The minimum Gasteiger partial charge on any atom is -0.481 e. The molecule has 84 valence electrons. The van der Waals surface area contributed by atoms with E-state index >= 15 is 0 Å². The molecule has 0 spiro atoms. The molecule has 4 nitrogen and oxygen atoms in total. The molecule has 0 aromatic rings. The smallest absolute Gasteiger partial charge is 0.304 e. The molecule has 0 aromatic heterocycles. The molecule has 0 aromatic carbocycles. The number of nitrogens with zero attached hydrogens (tertiary/aromatic N) is 2. The van der Waals surface area contributed by atoms with Crippen molar-refractivity contribution in [1.29, 1.82) is 0 Å². The van der Waals surface area contributed by atoms with Crippen LogP contribution in [0.5, 0.6) is 0 Å². The van der Waals surface area contributed by atoms with Crippen molar-refractivity contribution < 1.29 is 9.90 Å². The quantitative estimate of drug-likeness (QED) is 0.661. The molecule has 0 aliphatic carbocycles. The van der Waals surface area contributed by atoms with E-state index in [1.54, 1.807) is 0 Å². The zero-order chi connectivity index (χ0) is 11.1. The summed E-state index contributed by atoms with van der Waals surface area (Å²) < 4.78 is 0. The first kappa shape index (κ1) is 13.4. The van der Waals surface area contributed by atoms with Crippen molar-refractivity contribution in [3.63, 3.8) is 0 Å². The molecule has 0 aliphatic rings. The number of hydrogen-bond donors (Lipinski definition) is 1. The Balaban J connectivity index is 3.61. The summed E-state index contributed by atoms with van der Waals surface area (Å²) in [7, 11) is 6.06. The molecule has 4 heteroatoms. The lowest BCUT2D eigenvalue weighted by atomic mass is 10.2. The van der Waals surface area contributed by atoms with Gasteiger partial charge in [-0.25, -0.2) is 0 Å². The molecule has 0 rings (SSSR count). The zero-order valence-electron chi connectivity index (χ0n) is 9.66. The van der Waals surface area contributed by atoms with Crippen molar-refractivity contribution in [2.24, 2.45) is 0 Å². The fraction of sp³-hybridized carbons (Fsp3) is 0.900. The van der Waals surface area contributed by atoms with Crippen molar-refractivity contribution in [3.8, 4) is 0 Å². The van der Waals surface area contributed by atoms with Crippen molar-refractivity contribution in [2.45, 2.75) is 25.8 Å². The van der Waals surface area contributed by atoms with Gasteiger partial charge in [0.15, 0.2) is 0 Å². The maximum Gasteiger partial charge on any atom is 0.304 e. The SMILES string of the molecule is CC(CC(=O)O)N(C)CCCN(C)C. The molecule has 0 saturated heterocycles. The largest absolute Gasteiger partial charge is 0.481 e. The predicted octanol–water partition coefficient (Wildman–Crippen LogP) is 0.733. The maximum atomic E-state index is 10.5. The van der Waals surface area contributed by atoms with Gasteiger partial charge in [0, 0.05) is 6.04 Å². The lowest BCUT2D eigenvalue weighted by Crippen LogP contribution is -2.33. The summed E-state index contributed by atoms with van der Waals surface area (Å²) in [5, 5.41) is 8.61. The van der Waals surface area contributed by atoms with Gasteiger partial charge >= 0.3 is 5.97 Å². The summed E-state index contributed by atoms with van der Waals surface area (Å²) >= 11 is 0. The summed E-state index contributed by atoms with van der Waals surface area (Å²) in [5.74, 6) is -0.725. The van der Waals surface area contributed by atoms with E-state index in [0.29, 0.717) is 0 Å². The van der Waals surface area contributed by atoms with E-state index in [2.05, 4.69) is 9.80 Å². The number of carboxylic acid groups (broad SMARTS) is 1. The third-order valence-electron chi connectivity index (χ3n) is 2.34. The normalized spacial score (nSPS) is 13.6. The standard InChI is InChI=1S/C10H22N2O2/c1-9(8-10(13)14)12(4)7-5-6-11(2)3/h9H,5-8H2,1-4H3,(H,13,14). The van der Waals surface area contributed by atoms with Gasteiger partial charge in [0.1, 0.15) is 0 Å². The fourth-order valence-corrected chi connectivity index (χ4v) is 1.27. The highest BCUT2D eigenvalue weighted by molar-refractivity contribution is 5.67. The Bertz CT molecular complexity index is 172. The van der Waals surface area contributed by atoms with Crippen LogP contribution in [0.4, 0.5) is 0 Å². The van der Waals surface area contributed by atoms with Crippen LogP contribution in [0.15, 0.2) is 0 Å². The van der Waals surface area contributed by atoms with Crippen LogP contribution < -0.4 is 0 Å². The molecule has 0 amide bonds. The lowest BCUT2D eigenvalue weighted by molar-refractivity contribution is -0.138. The molecule has 0 radical (unpaired) electrons. The van der Waals surface area contributed by atoms with Gasteiger partial charge in [-0.2, -0.15) is 0 Å². The molecular weight excluding hydrogens is 180 g/mol. The number of hydrogen-bond acceptors (Lipinski definition) is 3. The highest BCUT2D eigenvalue weighted by atomic mass is 16.4. The molecular formula is C10H22N2O2. The van der Waals surface area contributed by atoms with Crippen LogP contribution in [0.1, 0.15) is 19.8 Å². The van der Waals surface area contributed by atoms with E-state index in [0.717, 1.165) is 19.5 Å². The second-order valence-corrected chi connectivity index (χ2v) is 4.08. The minimum atomic E-state index is -0.725. The molecule has 0 heterocycles. The van der Waals surface area contributed by atoms with Crippen molar-refractivity contribution in [1.82, 2.24) is 9.80 Å². The van der Waals surface area contributed by atoms with Crippen LogP contribution in [0, 0.1) is 0 Å². The van der Waals surface area contributed by atoms with Gasteiger partial charge in [-0.1, -0.05) is 0 Å². The Hall–Kier alpha value is -0.610.